The molecule has 3 aromatic rings. The number of rotatable bonds is 7. The Bertz CT molecular complexity index is 1190. The van der Waals surface area contributed by atoms with Crippen molar-refractivity contribution in [2.24, 2.45) is 0 Å². The molecule has 0 spiro atoms. The first kappa shape index (κ1) is 21.1. The predicted octanol–water partition coefficient (Wildman–Crippen LogP) is 3.95. The minimum Gasteiger partial charge on any atom is -0.497 e. The molecule has 0 radical (unpaired) electrons. The number of anilines is 2. The first-order valence-electron chi connectivity index (χ1n) is 8.98. The molecule has 0 saturated heterocycles. The molecule has 0 unspecified atom stereocenters. The van der Waals surface area contributed by atoms with Gasteiger partial charge in [0, 0.05) is 11.3 Å². The van der Waals surface area contributed by atoms with Gasteiger partial charge < -0.3 is 10.1 Å². The molecule has 154 valence electrons. The molecule has 0 aromatic heterocycles. The monoisotopic (exact) mass is 424 g/mol. The van der Waals surface area contributed by atoms with Crippen molar-refractivity contribution in [2.75, 3.05) is 17.1 Å². The molecule has 7 nitrogen and oxygen atoms in total. The second kappa shape index (κ2) is 8.79. The van der Waals surface area contributed by atoms with Gasteiger partial charge in [-0.1, -0.05) is 24.3 Å². The van der Waals surface area contributed by atoms with Gasteiger partial charge in [0.05, 0.1) is 23.3 Å². The fourth-order valence-electron chi connectivity index (χ4n) is 2.73. The first-order chi connectivity index (χ1) is 14.3. The fraction of sp³-hybridized carbons (Fsp3) is 0.0909. The number of methoxy groups -OCH3 is 1. The Morgan fingerprint density at radius 2 is 1.60 bits per heavy atom. The molecule has 0 fully saturated rings. The number of sulfonamides is 1. The van der Waals surface area contributed by atoms with Crippen LogP contribution in [-0.2, 0) is 10.0 Å². The molecule has 0 aliphatic rings. The fourth-order valence-corrected chi connectivity index (χ4v) is 3.85. The maximum Gasteiger partial charge on any atom is 0.261 e. The number of para-hydroxylation sites is 1. The van der Waals surface area contributed by atoms with Gasteiger partial charge in [0.15, 0.2) is 5.78 Å². The van der Waals surface area contributed by atoms with E-state index in [-0.39, 0.29) is 27.5 Å². The van der Waals surface area contributed by atoms with Crippen LogP contribution in [0.15, 0.2) is 77.7 Å². The van der Waals surface area contributed by atoms with Crippen molar-refractivity contribution in [1.29, 1.82) is 0 Å². The Kier molecular flexibility index (Phi) is 6.17. The van der Waals surface area contributed by atoms with Crippen LogP contribution in [0.3, 0.4) is 0 Å². The summed E-state index contributed by atoms with van der Waals surface area (Å²) in [5.41, 5.74) is 1.09. The van der Waals surface area contributed by atoms with E-state index in [2.05, 4.69) is 10.0 Å². The maximum atomic E-state index is 12.8. The standard InChI is InChI=1S/C22H20N2O5S/c1-15(25)16-6-5-7-19(14-16)30(27,28)24-21-9-4-3-8-20(21)22(26)23-17-10-12-18(29-2)13-11-17/h3-14,24H,1-2H3,(H,23,26). The maximum absolute atomic E-state index is 12.8. The summed E-state index contributed by atoms with van der Waals surface area (Å²) < 4.78 is 33.1. The Labute approximate surface area is 174 Å². The zero-order valence-electron chi connectivity index (χ0n) is 16.4. The molecule has 1 amide bonds. The number of amides is 1. The van der Waals surface area contributed by atoms with Crippen molar-refractivity contribution in [3.63, 3.8) is 0 Å². The smallest absolute Gasteiger partial charge is 0.261 e. The summed E-state index contributed by atoms with van der Waals surface area (Å²) in [4.78, 5) is 24.2. The molecule has 0 aliphatic heterocycles. The highest BCUT2D eigenvalue weighted by Gasteiger charge is 2.19. The largest absolute Gasteiger partial charge is 0.497 e. The van der Waals surface area contributed by atoms with E-state index in [0.29, 0.717) is 11.4 Å². The number of benzene rings is 3. The number of ketones is 1. The minimum absolute atomic E-state index is 0.0689. The van der Waals surface area contributed by atoms with Gasteiger partial charge in [0.1, 0.15) is 5.75 Å². The lowest BCUT2D eigenvalue weighted by atomic mass is 10.1. The van der Waals surface area contributed by atoms with Crippen LogP contribution in [0, 0.1) is 0 Å². The topological polar surface area (TPSA) is 102 Å². The number of ether oxygens (including phenoxy) is 1. The van der Waals surface area contributed by atoms with Gasteiger partial charge in [-0.05, 0) is 55.5 Å². The zero-order chi connectivity index (χ0) is 21.7. The van der Waals surface area contributed by atoms with Crippen LogP contribution in [0.25, 0.3) is 0 Å². The van der Waals surface area contributed by atoms with Gasteiger partial charge in [-0.25, -0.2) is 8.42 Å². The van der Waals surface area contributed by atoms with Crippen molar-refractivity contribution in [3.05, 3.63) is 83.9 Å². The Morgan fingerprint density at radius 1 is 0.900 bits per heavy atom. The third-order valence-electron chi connectivity index (χ3n) is 4.31. The minimum atomic E-state index is -4.01. The molecule has 0 aliphatic carbocycles. The summed E-state index contributed by atoms with van der Waals surface area (Å²) in [5.74, 6) is -0.0729. The van der Waals surface area contributed by atoms with Crippen molar-refractivity contribution in [1.82, 2.24) is 0 Å². The molecule has 3 aromatic carbocycles. The third-order valence-corrected chi connectivity index (χ3v) is 5.68. The van der Waals surface area contributed by atoms with E-state index < -0.39 is 15.9 Å². The molecule has 30 heavy (non-hydrogen) atoms. The van der Waals surface area contributed by atoms with Gasteiger partial charge in [0.2, 0.25) is 0 Å². The summed E-state index contributed by atoms with van der Waals surface area (Å²) in [6.07, 6.45) is 0. The van der Waals surface area contributed by atoms with E-state index in [1.54, 1.807) is 43.5 Å². The van der Waals surface area contributed by atoms with Gasteiger partial charge >= 0.3 is 0 Å². The van der Waals surface area contributed by atoms with Gasteiger partial charge in [0.25, 0.3) is 15.9 Å². The molecule has 2 N–H and O–H groups in total. The lowest BCUT2D eigenvalue weighted by molar-refractivity contribution is 0.101. The van der Waals surface area contributed by atoms with E-state index >= 15 is 0 Å². The number of Topliss-reactive ketones (excluding diaryl/α,β-unsaturated/α-hetero) is 1. The van der Waals surface area contributed by atoms with Crippen molar-refractivity contribution in [3.8, 4) is 5.75 Å². The molecule has 0 heterocycles. The molecule has 0 bridgehead atoms. The first-order valence-corrected chi connectivity index (χ1v) is 10.5. The van der Waals surface area contributed by atoms with Gasteiger partial charge in [-0.15, -0.1) is 0 Å². The second-order valence-electron chi connectivity index (χ2n) is 6.42. The van der Waals surface area contributed by atoms with Crippen LogP contribution in [0.4, 0.5) is 11.4 Å². The van der Waals surface area contributed by atoms with E-state index in [4.69, 9.17) is 4.74 Å². The predicted molar refractivity (Wildman–Crippen MR) is 115 cm³/mol. The SMILES string of the molecule is COc1ccc(NC(=O)c2ccccc2NS(=O)(=O)c2cccc(C(C)=O)c2)cc1. The van der Waals surface area contributed by atoms with E-state index in [0.717, 1.165) is 0 Å². The quantitative estimate of drug-likeness (QED) is 0.559. The lowest BCUT2D eigenvalue weighted by Gasteiger charge is -2.13. The van der Waals surface area contributed by atoms with Crippen molar-refractivity contribution < 1.29 is 22.7 Å². The van der Waals surface area contributed by atoms with Crippen molar-refractivity contribution in [2.45, 2.75) is 11.8 Å². The highest BCUT2D eigenvalue weighted by molar-refractivity contribution is 7.92. The summed E-state index contributed by atoms with van der Waals surface area (Å²) in [7, 11) is -2.46. The number of hydrogen-bond donors (Lipinski definition) is 2. The van der Waals surface area contributed by atoms with Crippen LogP contribution in [0.2, 0.25) is 0 Å². The van der Waals surface area contributed by atoms with E-state index in [1.165, 1.54) is 43.3 Å². The summed E-state index contributed by atoms with van der Waals surface area (Å²) in [5, 5.41) is 2.73. The number of carbonyl (C=O) groups excluding carboxylic acids is 2. The van der Waals surface area contributed by atoms with Crippen LogP contribution in [0.5, 0.6) is 5.75 Å². The van der Waals surface area contributed by atoms with Crippen LogP contribution in [0.1, 0.15) is 27.6 Å². The molecule has 8 heteroatoms. The molecular formula is C22H20N2O5S. The number of nitrogens with one attached hydrogen (secondary N) is 2. The Balaban J connectivity index is 1.86. The zero-order valence-corrected chi connectivity index (χ0v) is 17.2. The van der Waals surface area contributed by atoms with Crippen LogP contribution < -0.4 is 14.8 Å². The average Bonchev–Trinajstić information content (AvgIpc) is 2.74. The lowest BCUT2D eigenvalue weighted by Crippen LogP contribution is -2.18. The highest BCUT2D eigenvalue weighted by atomic mass is 32.2. The summed E-state index contributed by atoms with van der Waals surface area (Å²) in [6.45, 7) is 1.36. The van der Waals surface area contributed by atoms with Crippen LogP contribution >= 0.6 is 0 Å². The summed E-state index contributed by atoms with van der Waals surface area (Å²) in [6, 6.07) is 18.7. The Morgan fingerprint density at radius 3 is 2.27 bits per heavy atom. The normalized spacial score (nSPS) is 10.9. The van der Waals surface area contributed by atoms with Crippen molar-refractivity contribution >= 4 is 33.1 Å². The second-order valence-corrected chi connectivity index (χ2v) is 8.10. The average molecular weight is 424 g/mol. The number of hydrogen-bond acceptors (Lipinski definition) is 5. The molecule has 3 rings (SSSR count). The highest BCUT2D eigenvalue weighted by Crippen LogP contribution is 2.23. The Hall–Kier alpha value is -3.65. The molecule has 0 saturated carbocycles. The third kappa shape index (κ3) is 4.84. The molecule has 0 atom stereocenters. The van der Waals surface area contributed by atoms with E-state index in [9.17, 15) is 18.0 Å². The van der Waals surface area contributed by atoms with Gasteiger partial charge in [-0.3, -0.25) is 14.3 Å². The summed E-state index contributed by atoms with van der Waals surface area (Å²) >= 11 is 0. The van der Waals surface area contributed by atoms with E-state index in [1.807, 2.05) is 0 Å². The number of carbonyl (C=O) groups is 2. The molecular weight excluding hydrogens is 404 g/mol. The van der Waals surface area contributed by atoms with Crippen LogP contribution in [-0.4, -0.2) is 27.2 Å². The van der Waals surface area contributed by atoms with Gasteiger partial charge in [-0.2, -0.15) is 0 Å².